The van der Waals surface area contributed by atoms with Gasteiger partial charge in [0.05, 0.1) is 0 Å². The highest BCUT2D eigenvalue weighted by atomic mass is 79.9. The van der Waals surface area contributed by atoms with Gasteiger partial charge in [-0.15, -0.1) is 0 Å². The minimum Gasteiger partial charge on any atom is -0.192 e. The molecule has 2 nitrogen and oxygen atoms in total. The maximum absolute atomic E-state index is 8.51. The van der Waals surface area contributed by atoms with E-state index < -0.39 is 0 Å². The Balaban J connectivity index is 2.77. The lowest BCUT2D eigenvalue weighted by Crippen LogP contribution is -1.82. The van der Waals surface area contributed by atoms with Gasteiger partial charge in [0.1, 0.15) is 17.7 Å². The minimum atomic E-state index is 0.157. The number of rotatable bonds is 2. The molecule has 0 heterocycles. The summed E-state index contributed by atoms with van der Waals surface area (Å²) in [6.45, 7) is 0. The summed E-state index contributed by atoms with van der Waals surface area (Å²) in [5.74, 6) is 0. The second-order valence-corrected chi connectivity index (χ2v) is 3.59. The van der Waals surface area contributed by atoms with E-state index in [1.807, 2.05) is 36.4 Å². The first-order valence-electron chi connectivity index (χ1n) is 4.01. The predicted octanol–water partition coefficient (Wildman–Crippen LogP) is 2.97. The van der Waals surface area contributed by atoms with Gasteiger partial charge in [0.15, 0.2) is 0 Å². The van der Waals surface area contributed by atoms with Crippen molar-refractivity contribution < 1.29 is 0 Å². The first-order chi connectivity index (χ1) is 6.76. The smallest absolute Gasteiger partial charge is 0.126 e. The molecular weight excluding hydrogens is 240 g/mol. The van der Waals surface area contributed by atoms with Crippen LogP contribution in [0.3, 0.4) is 0 Å². The molecule has 1 aromatic rings. The van der Waals surface area contributed by atoms with Crippen LogP contribution in [0.15, 0.2) is 40.4 Å². The molecule has 3 heteroatoms. The van der Waals surface area contributed by atoms with E-state index in [-0.39, 0.29) is 5.57 Å². The van der Waals surface area contributed by atoms with Crippen molar-refractivity contribution in [2.75, 3.05) is 0 Å². The van der Waals surface area contributed by atoms with Crippen molar-refractivity contribution in [3.63, 3.8) is 0 Å². The number of nitrogens with zero attached hydrogens (tertiary/aromatic N) is 2. The van der Waals surface area contributed by atoms with E-state index in [1.165, 1.54) is 0 Å². The first kappa shape index (κ1) is 10.5. The van der Waals surface area contributed by atoms with Crippen LogP contribution < -0.4 is 0 Å². The Morgan fingerprint density at radius 2 is 2.07 bits per heavy atom. The number of nitriles is 2. The summed E-state index contributed by atoms with van der Waals surface area (Å²) in [5, 5.41) is 17.0. The van der Waals surface area contributed by atoms with E-state index in [0.29, 0.717) is 6.42 Å². The van der Waals surface area contributed by atoms with Gasteiger partial charge < -0.3 is 0 Å². The second kappa shape index (κ2) is 5.21. The van der Waals surface area contributed by atoms with Crippen molar-refractivity contribution in [2.24, 2.45) is 0 Å². The number of hydrogen-bond acceptors (Lipinski definition) is 2. The number of benzene rings is 1. The quantitative estimate of drug-likeness (QED) is 0.754. The van der Waals surface area contributed by atoms with E-state index in [4.69, 9.17) is 10.5 Å². The van der Waals surface area contributed by atoms with Crippen molar-refractivity contribution in [1.29, 1.82) is 10.5 Å². The lowest BCUT2D eigenvalue weighted by atomic mass is 10.1. The standard InChI is InChI=1S/C11H7BrN2/c12-11-3-1-2-9(6-11)4-5-10(7-13)8-14/h1-3,5-6H,4H2. The molecule has 0 N–H and O–H groups in total. The van der Waals surface area contributed by atoms with Gasteiger partial charge in [0.2, 0.25) is 0 Å². The number of allylic oxidation sites excluding steroid dienone is 2. The van der Waals surface area contributed by atoms with Crippen molar-refractivity contribution in [3.8, 4) is 12.1 Å². The van der Waals surface area contributed by atoms with Crippen LogP contribution in [0.1, 0.15) is 5.56 Å². The molecule has 68 valence electrons. The fourth-order valence-corrected chi connectivity index (χ4v) is 1.45. The topological polar surface area (TPSA) is 47.6 Å². The highest BCUT2D eigenvalue weighted by Gasteiger charge is 1.94. The Labute approximate surface area is 91.2 Å². The molecule has 14 heavy (non-hydrogen) atoms. The molecule has 0 atom stereocenters. The summed E-state index contributed by atoms with van der Waals surface area (Å²) in [5.41, 5.74) is 1.23. The summed E-state index contributed by atoms with van der Waals surface area (Å²) in [7, 11) is 0. The maximum atomic E-state index is 8.51. The van der Waals surface area contributed by atoms with Crippen LogP contribution in [0.5, 0.6) is 0 Å². The van der Waals surface area contributed by atoms with Crippen LogP contribution in [-0.4, -0.2) is 0 Å². The van der Waals surface area contributed by atoms with Crippen LogP contribution >= 0.6 is 15.9 Å². The van der Waals surface area contributed by atoms with E-state index in [1.54, 1.807) is 6.08 Å². The Morgan fingerprint density at radius 3 is 2.64 bits per heavy atom. The monoisotopic (exact) mass is 246 g/mol. The molecule has 0 bridgehead atoms. The van der Waals surface area contributed by atoms with Gasteiger partial charge in [-0.3, -0.25) is 0 Å². The third-order valence-electron chi connectivity index (χ3n) is 1.67. The van der Waals surface area contributed by atoms with E-state index in [9.17, 15) is 0 Å². The van der Waals surface area contributed by atoms with Crippen LogP contribution in [0, 0.1) is 22.7 Å². The molecule has 0 aromatic heterocycles. The van der Waals surface area contributed by atoms with Crippen LogP contribution in [0.2, 0.25) is 0 Å². The van der Waals surface area contributed by atoms with Crippen LogP contribution in [0.25, 0.3) is 0 Å². The lowest BCUT2D eigenvalue weighted by Gasteiger charge is -1.96. The summed E-state index contributed by atoms with van der Waals surface area (Å²) in [6, 6.07) is 11.4. The van der Waals surface area contributed by atoms with Gasteiger partial charge in [0.25, 0.3) is 0 Å². The van der Waals surface area contributed by atoms with Crippen LogP contribution in [-0.2, 0) is 6.42 Å². The molecule has 0 unspecified atom stereocenters. The fourth-order valence-electron chi connectivity index (χ4n) is 1.00. The highest BCUT2D eigenvalue weighted by molar-refractivity contribution is 9.10. The number of halogens is 1. The second-order valence-electron chi connectivity index (χ2n) is 2.68. The number of hydrogen-bond donors (Lipinski definition) is 0. The SMILES string of the molecule is N#CC(C#N)=CCc1cccc(Br)c1. The molecule has 1 rings (SSSR count). The summed E-state index contributed by atoms with van der Waals surface area (Å²) in [6.07, 6.45) is 2.23. The molecule has 0 spiro atoms. The molecular formula is C11H7BrN2. The normalized spacial score (nSPS) is 8.50. The predicted molar refractivity (Wildman–Crippen MR) is 57.2 cm³/mol. The molecule has 1 aromatic carbocycles. The van der Waals surface area contributed by atoms with Gasteiger partial charge >= 0.3 is 0 Å². The average molecular weight is 247 g/mol. The van der Waals surface area contributed by atoms with Crippen LogP contribution in [0.4, 0.5) is 0 Å². The Morgan fingerprint density at radius 1 is 1.36 bits per heavy atom. The van der Waals surface area contributed by atoms with Gasteiger partial charge in [-0.2, -0.15) is 10.5 Å². The molecule has 0 aliphatic rings. The zero-order chi connectivity index (χ0) is 10.4. The third-order valence-corrected chi connectivity index (χ3v) is 2.17. The van der Waals surface area contributed by atoms with E-state index >= 15 is 0 Å². The lowest BCUT2D eigenvalue weighted by molar-refractivity contribution is 1.25. The third kappa shape index (κ3) is 3.05. The van der Waals surface area contributed by atoms with E-state index in [2.05, 4.69) is 15.9 Å². The molecule has 0 amide bonds. The maximum Gasteiger partial charge on any atom is 0.126 e. The van der Waals surface area contributed by atoms with Crippen molar-refractivity contribution in [3.05, 3.63) is 46.0 Å². The molecule has 0 saturated heterocycles. The first-order valence-corrected chi connectivity index (χ1v) is 4.80. The molecule has 0 radical (unpaired) electrons. The summed E-state index contributed by atoms with van der Waals surface area (Å²) < 4.78 is 0.999. The van der Waals surface area contributed by atoms with Gasteiger partial charge in [-0.1, -0.05) is 34.1 Å². The van der Waals surface area contributed by atoms with Crippen molar-refractivity contribution in [2.45, 2.75) is 6.42 Å². The van der Waals surface area contributed by atoms with Crippen molar-refractivity contribution in [1.82, 2.24) is 0 Å². The Bertz CT molecular complexity index is 419. The zero-order valence-corrected chi connectivity index (χ0v) is 8.95. The molecule has 0 saturated carbocycles. The highest BCUT2D eigenvalue weighted by Crippen LogP contribution is 2.12. The Kier molecular flexibility index (Phi) is 3.91. The molecule has 0 aliphatic carbocycles. The van der Waals surface area contributed by atoms with Crippen molar-refractivity contribution >= 4 is 15.9 Å². The van der Waals surface area contributed by atoms with E-state index in [0.717, 1.165) is 10.0 Å². The Hall–Kier alpha value is -1.58. The fraction of sp³-hybridized carbons (Fsp3) is 0.0909. The molecule has 0 aliphatic heterocycles. The van der Waals surface area contributed by atoms with Gasteiger partial charge in [-0.05, 0) is 24.1 Å². The summed E-state index contributed by atoms with van der Waals surface area (Å²) in [4.78, 5) is 0. The van der Waals surface area contributed by atoms with Gasteiger partial charge in [0, 0.05) is 4.47 Å². The largest absolute Gasteiger partial charge is 0.192 e. The summed E-state index contributed by atoms with van der Waals surface area (Å²) >= 11 is 3.35. The van der Waals surface area contributed by atoms with Gasteiger partial charge in [-0.25, -0.2) is 0 Å². The zero-order valence-electron chi connectivity index (χ0n) is 7.37. The molecule has 0 fully saturated rings. The minimum absolute atomic E-state index is 0.157. The average Bonchev–Trinajstić information content (AvgIpc) is 2.19.